The maximum atomic E-state index is 2.35. The first-order chi connectivity index (χ1) is 7.29. The molecule has 0 N–H and O–H groups in total. The molecule has 0 aromatic heterocycles. The Morgan fingerprint density at radius 2 is 0.733 bits per heavy atom. The molecule has 1 saturated carbocycles. The zero-order valence-corrected chi connectivity index (χ0v) is 13.3. The number of hydrogen-bond acceptors (Lipinski definition) is 0. The number of hydrogen-bond donors (Lipinski definition) is 0. The highest BCUT2D eigenvalue weighted by Crippen LogP contribution is 2.29. The van der Waals surface area contributed by atoms with Gasteiger partial charge >= 0.3 is 0 Å². The van der Waals surface area contributed by atoms with Crippen molar-refractivity contribution < 1.29 is 0 Å². The van der Waals surface area contributed by atoms with Gasteiger partial charge in [-0.15, -0.1) is 0 Å². The average molecular weight is 218 g/mol. The summed E-state index contributed by atoms with van der Waals surface area (Å²) in [5.74, 6) is 2.05. The highest BCUT2D eigenvalue weighted by atomic mass is 14.2. The first kappa shape index (κ1) is 24.3. The van der Waals surface area contributed by atoms with E-state index in [9.17, 15) is 0 Å². The molecule has 0 aromatic rings. The second-order valence-corrected chi connectivity index (χ2v) is 3.02. The van der Waals surface area contributed by atoms with Crippen LogP contribution in [0.25, 0.3) is 0 Å². The van der Waals surface area contributed by atoms with Gasteiger partial charge in [0.2, 0.25) is 0 Å². The van der Waals surface area contributed by atoms with E-state index in [0.717, 1.165) is 11.8 Å². The highest BCUT2D eigenvalue weighted by Gasteiger charge is 2.15. The second-order valence-electron chi connectivity index (χ2n) is 3.02. The Morgan fingerprint density at radius 1 is 0.533 bits per heavy atom. The van der Waals surface area contributed by atoms with Crippen molar-refractivity contribution in [3.63, 3.8) is 0 Å². The van der Waals surface area contributed by atoms with Crippen molar-refractivity contribution in [1.29, 1.82) is 0 Å². The normalized spacial score (nSPS) is 21.2. The van der Waals surface area contributed by atoms with Crippen LogP contribution in [0.2, 0.25) is 0 Å². The molecule has 0 bridgehead atoms. The molecule has 98 valence electrons. The first-order valence-electron chi connectivity index (χ1n) is 7.29. The predicted octanol–water partition coefficient (Wildman–Crippen LogP) is 6.55. The molecule has 0 aromatic carbocycles. The maximum Gasteiger partial charge on any atom is -0.0440 e. The van der Waals surface area contributed by atoms with E-state index in [1.807, 2.05) is 55.4 Å². The lowest BCUT2D eigenvalue weighted by molar-refractivity contribution is 0.555. The van der Waals surface area contributed by atoms with Crippen molar-refractivity contribution in [2.45, 2.75) is 88.5 Å². The summed E-state index contributed by atoms with van der Waals surface area (Å²) in [5, 5.41) is 0. The Morgan fingerprint density at radius 3 is 0.800 bits per heavy atom. The third kappa shape index (κ3) is 24.9. The summed E-state index contributed by atoms with van der Waals surface area (Å²) in [6.07, 6.45) is 4.42. The van der Waals surface area contributed by atoms with Crippen molar-refractivity contribution in [3.8, 4) is 0 Å². The Bertz CT molecular complexity index is 49.1. The fourth-order valence-corrected chi connectivity index (χ4v) is 1.49. The molecular weight excluding hydrogens is 180 g/mol. The molecule has 0 heteroatoms. The summed E-state index contributed by atoms with van der Waals surface area (Å²) in [4.78, 5) is 0. The Hall–Kier alpha value is 0. The van der Waals surface area contributed by atoms with Crippen LogP contribution in [-0.4, -0.2) is 0 Å². The van der Waals surface area contributed by atoms with Crippen LogP contribution in [-0.2, 0) is 0 Å². The van der Waals surface area contributed by atoms with Crippen molar-refractivity contribution in [2.75, 3.05) is 0 Å². The fraction of sp³-hybridized carbons (Fsp3) is 1.00. The lowest BCUT2D eigenvalue weighted by Crippen LogP contribution is -1.84. The van der Waals surface area contributed by atoms with Gasteiger partial charge in [-0.25, -0.2) is 0 Å². The molecule has 1 aliphatic carbocycles. The van der Waals surface area contributed by atoms with E-state index in [1.165, 1.54) is 19.3 Å². The standard InChI is InChI=1S/C7H14.4C2H6/c1-6-3-4-7(2)5-6;4*1-2/h6-7H,3-5H2,1-2H3;4*1-2H3. The Balaban J connectivity index is -0.0000000650. The van der Waals surface area contributed by atoms with Gasteiger partial charge in [-0.1, -0.05) is 82.1 Å². The first-order valence-corrected chi connectivity index (χ1v) is 7.29. The van der Waals surface area contributed by atoms with Crippen LogP contribution >= 0.6 is 0 Å². The zero-order chi connectivity index (χ0) is 13.3. The fourth-order valence-electron chi connectivity index (χ4n) is 1.49. The minimum atomic E-state index is 1.02. The topological polar surface area (TPSA) is 0 Å². The maximum absolute atomic E-state index is 2.35. The van der Waals surface area contributed by atoms with Crippen LogP contribution in [0.4, 0.5) is 0 Å². The van der Waals surface area contributed by atoms with Gasteiger partial charge in [0.15, 0.2) is 0 Å². The van der Waals surface area contributed by atoms with Gasteiger partial charge in [-0.2, -0.15) is 0 Å². The molecule has 0 spiro atoms. The van der Waals surface area contributed by atoms with Crippen LogP contribution in [0.3, 0.4) is 0 Å². The van der Waals surface area contributed by atoms with Gasteiger partial charge in [0, 0.05) is 0 Å². The van der Waals surface area contributed by atoms with E-state index < -0.39 is 0 Å². The summed E-state index contributed by atoms with van der Waals surface area (Å²) in [6, 6.07) is 0. The van der Waals surface area contributed by atoms with Crippen LogP contribution in [0.1, 0.15) is 88.5 Å². The van der Waals surface area contributed by atoms with E-state index in [2.05, 4.69) is 13.8 Å². The molecule has 2 unspecified atom stereocenters. The van der Waals surface area contributed by atoms with Gasteiger partial charge in [0.1, 0.15) is 0 Å². The van der Waals surface area contributed by atoms with Crippen LogP contribution < -0.4 is 0 Å². The molecule has 1 fully saturated rings. The van der Waals surface area contributed by atoms with Crippen LogP contribution in [0, 0.1) is 11.8 Å². The van der Waals surface area contributed by atoms with E-state index >= 15 is 0 Å². The summed E-state index contributed by atoms with van der Waals surface area (Å²) in [7, 11) is 0. The minimum absolute atomic E-state index is 1.02. The summed E-state index contributed by atoms with van der Waals surface area (Å²) < 4.78 is 0. The summed E-state index contributed by atoms with van der Waals surface area (Å²) in [5.41, 5.74) is 0. The molecule has 1 aliphatic rings. The van der Waals surface area contributed by atoms with Gasteiger partial charge < -0.3 is 0 Å². The van der Waals surface area contributed by atoms with E-state index in [0.29, 0.717) is 0 Å². The largest absolute Gasteiger partial charge is 0.0683 e. The molecule has 0 heterocycles. The van der Waals surface area contributed by atoms with Crippen LogP contribution in [0.5, 0.6) is 0 Å². The van der Waals surface area contributed by atoms with Gasteiger partial charge in [0.05, 0.1) is 0 Å². The molecule has 0 radical (unpaired) electrons. The zero-order valence-electron chi connectivity index (χ0n) is 13.3. The third-order valence-corrected chi connectivity index (χ3v) is 1.96. The van der Waals surface area contributed by atoms with Crippen molar-refractivity contribution in [3.05, 3.63) is 0 Å². The minimum Gasteiger partial charge on any atom is -0.0683 e. The highest BCUT2D eigenvalue weighted by molar-refractivity contribution is 4.68. The predicted molar refractivity (Wildman–Crippen MR) is 77.6 cm³/mol. The van der Waals surface area contributed by atoms with Crippen LogP contribution in [0.15, 0.2) is 0 Å². The summed E-state index contributed by atoms with van der Waals surface area (Å²) in [6.45, 7) is 20.7. The SMILES string of the molecule is CC.CC.CC.CC.CC1CCC(C)C1. The van der Waals surface area contributed by atoms with E-state index in [4.69, 9.17) is 0 Å². The second kappa shape index (κ2) is 29.2. The quantitative estimate of drug-likeness (QED) is 0.432. The van der Waals surface area contributed by atoms with Gasteiger partial charge in [-0.3, -0.25) is 0 Å². The van der Waals surface area contributed by atoms with Gasteiger partial charge in [-0.05, 0) is 18.3 Å². The average Bonchev–Trinajstić information content (AvgIpc) is 2.73. The number of rotatable bonds is 0. The third-order valence-electron chi connectivity index (χ3n) is 1.96. The van der Waals surface area contributed by atoms with Crippen molar-refractivity contribution in [1.82, 2.24) is 0 Å². The molecule has 15 heavy (non-hydrogen) atoms. The molecule has 2 atom stereocenters. The molecule has 0 aliphatic heterocycles. The van der Waals surface area contributed by atoms with Crippen molar-refractivity contribution in [2.24, 2.45) is 11.8 Å². The Kier molecular flexibility index (Phi) is 47.3. The van der Waals surface area contributed by atoms with Gasteiger partial charge in [0.25, 0.3) is 0 Å². The molecular formula is C15H38. The molecule has 0 nitrogen and oxygen atoms in total. The molecule has 0 amide bonds. The lowest BCUT2D eigenvalue weighted by atomic mass is 10.1. The lowest BCUT2D eigenvalue weighted by Gasteiger charge is -1.96. The van der Waals surface area contributed by atoms with Crippen molar-refractivity contribution >= 4 is 0 Å². The monoisotopic (exact) mass is 218 g/mol. The molecule has 1 rings (SSSR count). The smallest absolute Gasteiger partial charge is 0.0440 e. The van der Waals surface area contributed by atoms with E-state index in [1.54, 1.807) is 0 Å². The molecule has 0 saturated heterocycles. The Labute approximate surface area is 101 Å². The van der Waals surface area contributed by atoms with E-state index in [-0.39, 0.29) is 0 Å². The summed E-state index contributed by atoms with van der Waals surface area (Å²) >= 11 is 0.